The summed E-state index contributed by atoms with van der Waals surface area (Å²) < 4.78 is 6.63. The predicted molar refractivity (Wildman–Crippen MR) is 150 cm³/mol. The molecule has 2 aromatic heterocycles. The van der Waals surface area contributed by atoms with Crippen LogP contribution in [0.4, 0.5) is 5.95 Å². The molecule has 2 aromatic rings. The lowest BCUT2D eigenvalue weighted by Gasteiger charge is -2.56. The second-order valence-electron chi connectivity index (χ2n) is 12.1. The zero-order chi connectivity index (χ0) is 30.4. The molecule has 0 unspecified atom stereocenters. The number of fused-ring (bicyclic) bond motifs is 6. The first-order valence-corrected chi connectivity index (χ1v) is 14.1. The van der Waals surface area contributed by atoms with Crippen molar-refractivity contribution in [2.45, 2.75) is 58.3 Å². The van der Waals surface area contributed by atoms with Crippen LogP contribution in [-0.2, 0) is 25.9 Å². The quantitative estimate of drug-likeness (QED) is 0.294. The van der Waals surface area contributed by atoms with Crippen LogP contribution in [0.3, 0.4) is 0 Å². The van der Waals surface area contributed by atoms with E-state index in [9.17, 15) is 29.4 Å². The highest BCUT2D eigenvalue weighted by atomic mass is 16.5. The molecule has 0 spiro atoms. The molecular formula is C29H37N5O8. The number of aromatic amines is 1. The van der Waals surface area contributed by atoms with E-state index in [1.54, 1.807) is 12.2 Å². The molecule has 0 radical (unpaired) electrons. The summed E-state index contributed by atoms with van der Waals surface area (Å²) in [6.07, 6.45) is 9.26. The molecule has 0 saturated heterocycles. The molecule has 0 aliphatic heterocycles. The van der Waals surface area contributed by atoms with Gasteiger partial charge in [0.1, 0.15) is 24.7 Å². The molecule has 42 heavy (non-hydrogen) atoms. The van der Waals surface area contributed by atoms with Crippen LogP contribution >= 0.6 is 0 Å². The highest BCUT2D eigenvalue weighted by Gasteiger charge is 2.68. The minimum absolute atomic E-state index is 0.0206. The minimum Gasteiger partial charge on any atom is -0.394 e. The molecule has 6 rings (SSSR count). The Kier molecular flexibility index (Phi) is 7.81. The molecule has 13 heteroatoms. The number of allylic oxidation sites excluding steroid dienone is 4. The van der Waals surface area contributed by atoms with Crippen molar-refractivity contribution < 1.29 is 34.4 Å². The SMILES string of the molecule is C[C@]12C=CC(=O)C=C1CC[C@@H]1[C@@H]2C(=O)C[C@@]2(C)[C@H]1CC[C@]2(O)C(=O)CO.Nc1nc2c(ncn2COCCO)c(=O)[nH]1. The van der Waals surface area contributed by atoms with Crippen LogP contribution in [0, 0.1) is 28.6 Å². The Morgan fingerprint density at radius 1 is 1.24 bits per heavy atom. The van der Waals surface area contributed by atoms with Crippen molar-refractivity contribution in [1.29, 1.82) is 0 Å². The number of aromatic nitrogens is 4. The van der Waals surface area contributed by atoms with Crippen LogP contribution in [-0.4, -0.2) is 77.6 Å². The minimum atomic E-state index is -1.62. The maximum Gasteiger partial charge on any atom is 0.280 e. The summed E-state index contributed by atoms with van der Waals surface area (Å²) in [7, 11) is 0. The average Bonchev–Trinajstić information content (AvgIpc) is 3.47. The van der Waals surface area contributed by atoms with Gasteiger partial charge in [0.2, 0.25) is 5.95 Å². The van der Waals surface area contributed by atoms with E-state index in [1.807, 2.05) is 19.9 Å². The normalized spacial score (nSPS) is 33.4. The lowest BCUT2D eigenvalue weighted by molar-refractivity contribution is -0.168. The van der Waals surface area contributed by atoms with Crippen molar-refractivity contribution in [2.24, 2.45) is 28.6 Å². The molecule has 226 valence electrons. The van der Waals surface area contributed by atoms with E-state index < -0.39 is 28.8 Å². The Morgan fingerprint density at radius 2 is 2.00 bits per heavy atom. The van der Waals surface area contributed by atoms with Crippen molar-refractivity contribution in [3.05, 3.63) is 40.5 Å². The number of rotatable bonds is 6. The Hall–Kier alpha value is -3.52. The first-order valence-electron chi connectivity index (χ1n) is 14.1. The highest BCUT2D eigenvalue weighted by Crippen LogP contribution is 2.66. The lowest BCUT2D eigenvalue weighted by atomic mass is 9.46. The largest absolute Gasteiger partial charge is 0.394 e. The van der Waals surface area contributed by atoms with E-state index in [2.05, 4.69) is 15.0 Å². The van der Waals surface area contributed by atoms with Gasteiger partial charge in [-0.05, 0) is 49.7 Å². The number of anilines is 1. The summed E-state index contributed by atoms with van der Waals surface area (Å²) in [4.78, 5) is 59.0. The van der Waals surface area contributed by atoms with Gasteiger partial charge >= 0.3 is 0 Å². The molecule has 6 N–H and O–H groups in total. The molecule has 0 amide bonds. The van der Waals surface area contributed by atoms with Crippen molar-refractivity contribution in [3.8, 4) is 0 Å². The fraction of sp³-hybridized carbons (Fsp3) is 0.586. The number of ether oxygens (including phenoxy) is 1. The second kappa shape index (κ2) is 11.0. The Bertz CT molecular complexity index is 1540. The summed E-state index contributed by atoms with van der Waals surface area (Å²) in [5.74, 6) is -0.561. The van der Waals surface area contributed by atoms with E-state index in [0.29, 0.717) is 18.5 Å². The summed E-state index contributed by atoms with van der Waals surface area (Å²) in [5, 5.41) is 29.0. The van der Waals surface area contributed by atoms with Crippen LogP contribution in [0.15, 0.2) is 34.9 Å². The average molecular weight is 584 g/mol. The molecule has 0 bridgehead atoms. The van der Waals surface area contributed by atoms with Gasteiger partial charge in [0, 0.05) is 23.2 Å². The Labute approximate surface area is 241 Å². The summed E-state index contributed by atoms with van der Waals surface area (Å²) >= 11 is 0. The number of nitrogens with one attached hydrogen (secondary N) is 1. The van der Waals surface area contributed by atoms with Crippen LogP contribution in [0.2, 0.25) is 0 Å². The number of aliphatic hydroxyl groups is 3. The smallest absolute Gasteiger partial charge is 0.280 e. The molecule has 3 fully saturated rings. The Balaban J connectivity index is 0.000000189. The summed E-state index contributed by atoms with van der Waals surface area (Å²) in [6, 6.07) is 0. The molecule has 2 heterocycles. The van der Waals surface area contributed by atoms with Gasteiger partial charge in [0.25, 0.3) is 5.56 Å². The van der Waals surface area contributed by atoms with Gasteiger partial charge in [-0.1, -0.05) is 25.5 Å². The number of carbonyl (C=O) groups is 3. The number of nitrogens with two attached hydrogens (primary N) is 1. The topological polar surface area (TPSA) is 211 Å². The maximum absolute atomic E-state index is 13.3. The standard InChI is InChI=1S/C21H26O5.C8H11N5O3/c1-19-7-5-13(23)9-12(19)3-4-14-15-6-8-21(26,17(25)11-22)20(15,2)10-16(24)18(14)19;9-8-11-6-5(7(15)12-8)10-3-13(6)4-16-2-1-14/h5,7,9,14-15,18,22,26H,3-4,6,8,10-11H2,1-2H3;3,14H,1-2,4H2,(H3,9,11,12,15)/t14-,15-,18+,19-,20-,21-;/m0./s1. The maximum atomic E-state index is 13.3. The van der Waals surface area contributed by atoms with Crippen LogP contribution in [0.25, 0.3) is 11.2 Å². The second-order valence-corrected chi connectivity index (χ2v) is 12.1. The lowest BCUT2D eigenvalue weighted by Crippen LogP contribution is -2.60. The van der Waals surface area contributed by atoms with Gasteiger partial charge in [-0.2, -0.15) is 4.98 Å². The number of hydrogen-bond donors (Lipinski definition) is 5. The van der Waals surface area contributed by atoms with Gasteiger partial charge in [0.05, 0.1) is 19.5 Å². The highest BCUT2D eigenvalue weighted by molar-refractivity contribution is 6.02. The molecule has 13 nitrogen and oxygen atoms in total. The summed E-state index contributed by atoms with van der Waals surface area (Å²) in [6.45, 7) is 3.49. The molecule has 6 atom stereocenters. The number of hydrogen-bond acceptors (Lipinski definition) is 11. The third kappa shape index (κ3) is 4.64. The first-order chi connectivity index (χ1) is 19.9. The zero-order valence-corrected chi connectivity index (χ0v) is 23.7. The number of aliphatic hydroxyl groups excluding tert-OH is 2. The van der Waals surface area contributed by atoms with Gasteiger partial charge in [-0.15, -0.1) is 0 Å². The van der Waals surface area contributed by atoms with Gasteiger partial charge in [0.15, 0.2) is 22.7 Å². The van der Waals surface area contributed by atoms with Crippen molar-refractivity contribution in [3.63, 3.8) is 0 Å². The molecule has 4 aliphatic carbocycles. The molecule has 4 aliphatic rings. The van der Waals surface area contributed by atoms with Crippen LogP contribution in [0.1, 0.15) is 46.0 Å². The van der Waals surface area contributed by atoms with Crippen molar-refractivity contribution in [2.75, 3.05) is 25.6 Å². The third-order valence-electron chi connectivity index (χ3n) is 9.97. The fourth-order valence-electron chi connectivity index (χ4n) is 7.92. The third-order valence-corrected chi connectivity index (χ3v) is 9.97. The Morgan fingerprint density at radius 3 is 2.71 bits per heavy atom. The summed E-state index contributed by atoms with van der Waals surface area (Å²) in [5.41, 5.74) is 3.74. The number of nitrogen functional groups attached to an aromatic ring is 1. The molecule has 0 aromatic carbocycles. The first kappa shape index (κ1) is 30.0. The van der Waals surface area contributed by atoms with E-state index in [1.165, 1.54) is 10.9 Å². The number of ketones is 3. The number of H-pyrrole nitrogens is 1. The fourth-order valence-corrected chi connectivity index (χ4v) is 7.92. The van der Waals surface area contributed by atoms with Gasteiger partial charge in [-0.3, -0.25) is 28.7 Å². The van der Waals surface area contributed by atoms with Gasteiger partial charge in [-0.25, -0.2) is 4.98 Å². The molecular weight excluding hydrogens is 546 g/mol. The van der Waals surface area contributed by atoms with E-state index in [0.717, 1.165) is 18.4 Å². The number of Topliss-reactive ketones (excluding diaryl/α,β-unsaturated/α-hetero) is 2. The van der Waals surface area contributed by atoms with Crippen LogP contribution < -0.4 is 11.3 Å². The molecule has 3 saturated carbocycles. The van der Waals surface area contributed by atoms with E-state index >= 15 is 0 Å². The van der Waals surface area contributed by atoms with E-state index in [4.69, 9.17) is 15.6 Å². The zero-order valence-electron chi connectivity index (χ0n) is 23.7. The van der Waals surface area contributed by atoms with Gasteiger partial charge < -0.3 is 25.8 Å². The number of imidazole rings is 1. The number of nitrogens with zero attached hydrogens (tertiary/aromatic N) is 3. The van der Waals surface area contributed by atoms with Crippen molar-refractivity contribution >= 4 is 34.5 Å². The monoisotopic (exact) mass is 583 g/mol. The number of carbonyl (C=O) groups excluding carboxylic acids is 3. The van der Waals surface area contributed by atoms with E-state index in [-0.39, 0.29) is 72.7 Å². The predicted octanol–water partition coefficient (Wildman–Crippen LogP) is 0.434. The van der Waals surface area contributed by atoms with Crippen molar-refractivity contribution in [1.82, 2.24) is 19.5 Å². The van der Waals surface area contributed by atoms with Crippen LogP contribution in [0.5, 0.6) is 0 Å².